The molecule has 0 aromatic carbocycles. The van der Waals surface area contributed by atoms with E-state index in [1.807, 2.05) is 0 Å². The average molecular weight is 820 g/mol. The van der Waals surface area contributed by atoms with E-state index >= 15 is 0 Å². The lowest BCUT2D eigenvalue weighted by atomic mass is 9.91. The van der Waals surface area contributed by atoms with Crippen LogP contribution in [-0.4, -0.2) is 49.7 Å². The summed E-state index contributed by atoms with van der Waals surface area (Å²) in [6.07, 6.45) is 45.8. The largest absolute Gasteiger partial charge is 0.466 e. The lowest BCUT2D eigenvalue weighted by Crippen LogP contribution is -2.28. The molecule has 0 fully saturated rings. The number of unbranched alkanes of at least 4 members (excludes halogenated alkanes) is 22. The van der Waals surface area contributed by atoms with Crippen molar-refractivity contribution >= 4 is 11.9 Å². The summed E-state index contributed by atoms with van der Waals surface area (Å²) in [5, 5.41) is 0. The van der Waals surface area contributed by atoms with Crippen molar-refractivity contribution in [1.29, 1.82) is 0 Å². The van der Waals surface area contributed by atoms with Gasteiger partial charge in [-0.2, -0.15) is 0 Å². The van der Waals surface area contributed by atoms with Crippen molar-refractivity contribution in [3.05, 3.63) is 0 Å². The van der Waals surface area contributed by atoms with Gasteiger partial charge in [0.2, 0.25) is 0 Å². The van der Waals surface area contributed by atoms with E-state index in [1.165, 1.54) is 218 Å². The van der Waals surface area contributed by atoms with Crippen molar-refractivity contribution in [2.45, 2.75) is 285 Å². The molecule has 346 valence electrons. The maximum absolute atomic E-state index is 12.5. The van der Waals surface area contributed by atoms with Gasteiger partial charge in [-0.3, -0.25) is 9.59 Å². The second-order valence-corrected chi connectivity index (χ2v) is 19.0. The molecule has 0 amide bonds. The van der Waals surface area contributed by atoms with E-state index in [-0.39, 0.29) is 11.9 Å². The molecule has 0 unspecified atom stereocenters. The molecule has 5 heteroatoms. The van der Waals surface area contributed by atoms with E-state index in [0.29, 0.717) is 43.9 Å². The summed E-state index contributed by atoms with van der Waals surface area (Å²) in [7, 11) is 2.29. The lowest BCUT2D eigenvalue weighted by Gasteiger charge is -2.24. The molecule has 0 aliphatic carbocycles. The molecular formula is C53H105NO4. The first-order chi connectivity index (χ1) is 28.3. The number of hydrogen-bond donors (Lipinski definition) is 0. The summed E-state index contributed by atoms with van der Waals surface area (Å²) >= 11 is 0. The minimum atomic E-state index is 0.0420. The molecule has 0 spiro atoms. The summed E-state index contributed by atoms with van der Waals surface area (Å²) in [6, 6.07) is 0.626. The zero-order chi connectivity index (χ0) is 42.7. The van der Waals surface area contributed by atoms with Crippen LogP contribution >= 0.6 is 0 Å². The summed E-state index contributed by atoms with van der Waals surface area (Å²) in [5.41, 5.74) is 0. The Bertz CT molecular complexity index is 781. The predicted octanol–water partition coefficient (Wildman–Crippen LogP) is 16.8. The Morgan fingerprint density at radius 1 is 0.379 bits per heavy atom. The predicted molar refractivity (Wildman–Crippen MR) is 254 cm³/mol. The SMILES string of the molecule is CCCCCC(CCCCC)CC(=O)OCCCCCCCCCCC(CCCCCCCCCCOC(=O)CC(CCCCC)CCCCC)CCN(C)C(C)C. The standard InChI is InChI=1S/C53H105NO4/c1-8-12-28-38-50(39-29-13-9-2)46-52(55)57-44-34-26-22-18-16-20-24-32-36-49(42-43-54(7)48(5)6)37-33-25-21-17-19-23-27-35-45-58-53(56)47-51(40-30-14-10-3)41-31-15-11-4/h48-51H,8-47H2,1-7H3. The molecule has 0 aromatic heterocycles. The maximum atomic E-state index is 12.5. The molecule has 0 saturated carbocycles. The fourth-order valence-corrected chi connectivity index (χ4v) is 8.66. The Morgan fingerprint density at radius 2 is 0.655 bits per heavy atom. The van der Waals surface area contributed by atoms with Crippen LogP contribution < -0.4 is 0 Å². The number of carbonyl (C=O) groups is 2. The third-order valence-electron chi connectivity index (χ3n) is 13.1. The molecule has 0 N–H and O–H groups in total. The molecule has 0 aromatic rings. The van der Waals surface area contributed by atoms with Gasteiger partial charge in [0.15, 0.2) is 0 Å². The number of esters is 2. The van der Waals surface area contributed by atoms with Crippen LogP contribution in [0.15, 0.2) is 0 Å². The normalized spacial score (nSPS) is 11.9. The van der Waals surface area contributed by atoms with Gasteiger partial charge in [-0.15, -0.1) is 0 Å². The van der Waals surface area contributed by atoms with E-state index in [2.05, 4.69) is 53.5 Å². The summed E-state index contributed by atoms with van der Waals surface area (Å²) in [6.45, 7) is 16.1. The van der Waals surface area contributed by atoms with Gasteiger partial charge < -0.3 is 14.4 Å². The van der Waals surface area contributed by atoms with E-state index in [9.17, 15) is 9.59 Å². The molecule has 0 rings (SSSR count). The van der Waals surface area contributed by atoms with E-state index < -0.39 is 0 Å². The van der Waals surface area contributed by atoms with Gasteiger partial charge in [0.05, 0.1) is 13.2 Å². The van der Waals surface area contributed by atoms with E-state index in [4.69, 9.17) is 9.47 Å². The van der Waals surface area contributed by atoms with Crippen LogP contribution in [0.1, 0.15) is 279 Å². The summed E-state index contributed by atoms with van der Waals surface area (Å²) in [4.78, 5) is 27.5. The first-order valence-electron chi connectivity index (χ1n) is 26.3. The van der Waals surface area contributed by atoms with Crippen molar-refractivity contribution in [2.75, 3.05) is 26.8 Å². The van der Waals surface area contributed by atoms with Crippen molar-refractivity contribution in [3.63, 3.8) is 0 Å². The number of rotatable bonds is 46. The molecule has 58 heavy (non-hydrogen) atoms. The molecule has 0 bridgehead atoms. The Kier molecular flexibility index (Phi) is 43.1. The number of nitrogens with zero attached hydrogens (tertiary/aromatic N) is 1. The quantitative estimate of drug-likeness (QED) is 0.0452. The molecule has 0 heterocycles. The van der Waals surface area contributed by atoms with Crippen LogP contribution in [0.5, 0.6) is 0 Å². The smallest absolute Gasteiger partial charge is 0.306 e. The molecule has 0 atom stereocenters. The van der Waals surface area contributed by atoms with Gasteiger partial charge in [-0.25, -0.2) is 0 Å². The summed E-state index contributed by atoms with van der Waals surface area (Å²) in [5.74, 6) is 2.00. The van der Waals surface area contributed by atoms with Gasteiger partial charge in [-0.05, 0) is 90.1 Å². The van der Waals surface area contributed by atoms with E-state index in [1.54, 1.807) is 0 Å². The minimum absolute atomic E-state index is 0.0420. The first-order valence-corrected chi connectivity index (χ1v) is 26.3. The number of ether oxygens (including phenoxy) is 2. The van der Waals surface area contributed by atoms with Crippen LogP contribution in [0.2, 0.25) is 0 Å². The van der Waals surface area contributed by atoms with Crippen molar-refractivity contribution in [2.24, 2.45) is 17.8 Å². The Balaban J connectivity index is 4.07. The Labute approximate surface area is 364 Å². The highest BCUT2D eigenvalue weighted by Crippen LogP contribution is 2.25. The molecule has 0 saturated heterocycles. The van der Waals surface area contributed by atoms with Gasteiger partial charge >= 0.3 is 11.9 Å². The van der Waals surface area contributed by atoms with Crippen molar-refractivity contribution < 1.29 is 19.1 Å². The first kappa shape index (κ1) is 56.9. The van der Waals surface area contributed by atoms with Crippen LogP contribution in [0.25, 0.3) is 0 Å². The Hall–Kier alpha value is -1.10. The van der Waals surface area contributed by atoms with Gasteiger partial charge in [0.1, 0.15) is 0 Å². The highest BCUT2D eigenvalue weighted by molar-refractivity contribution is 5.70. The van der Waals surface area contributed by atoms with Gasteiger partial charge in [0.25, 0.3) is 0 Å². The summed E-state index contributed by atoms with van der Waals surface area (Å²) < 4.78 is 11.3. The third kappa shape index (κ3) is 39.1. The monoisotopic (exact) mass is 820 g/mol. The minimum Gasteiger partial charge on any atom is -0.466 e. The molecule has 0 aliphatic heterocycles. The molecular weight excluding hydrogens is 715 g/mol. The van der Waals surface area contributed by atoms with Crippen LogP contribution in [0, 0.1) is 17.8 Å². The second kappa shape index (κ2) is 44.0. The van der Waals surface area contributed by atoms with Crippen LogP contribution in [0.4, 0.5) is 0 Å². The van der Waals surface area contributed by atoms with Gasteiger partial charge in [-0.1, -0.05) is 207 Å². The van der Waals surface area contributed by atoms with E-state index in [0.717, 1.165) is 18.8 Å². The number of carbonyl (C=O) groups excluding carboxylic acids is 2. The zero-order valence-corrected chi connectivity index (χ0v) is 40.7. The van der Waals surface area contributed by atoms with Gasteiger partial charge in [0, 0.05) is 18.9 Å². The van der Waals surface area contributed by atoms with Crippen molar-refractivity contribution in [1.82, 2.24) is 4.90 Å². The fourth-order valence-electron chi connectivity index (χ4n) is 8.66. The molecule has 0 radical (unpaired) electrons. The third-order valence-corrected chi connectivity index (χ3v) is 13.1. The highest BCUT2D eigenvalue weighted by Gasteiger charge is 2.16. The maximum Gasteiger partial charge on any atom is 0.306 e. The average Bonchev–Trinajstić information content (AvgIpc) is 3.20. The lowest BCUT2D eigenvalue weighted by molar-refractivity contribution is -0.146. The fraction of sp³-hybridized carbons (Fsp3) is 0.962. The Morgan fingerprint density at radius 3 is 0.966 bits per heavy atom. The molecule has 0 aliphatic rings. The topological polar surface area (TPSA) is 55.8 Å². The molecule has 5 nitrogen and oxygen atoms in total. The zero-order valence-electron chi connectivity index (χ0n) is 40.7. The van der Waals surface area contributed by atoms with Crippen LogP contribution in [-0.2, 0) is 19.1 Å². The highest BCUT2D eigenvalue weighted by atomic mass is 16.5. The van der Waals surface area contributed by atoms with Crippen molar-refractivity contribution in [3.8, 4) is 0 Å². The second-order valence-electron chi connectivity index (χ2n) is 19.0. The number of hydrogen-bond acceptors (Lipinski definition) is 5. The van der Waals surface area contributed by atoms with Crippen LogP contribution in [0.3, 0.4) is 0 Å².